The summed E-state index contributed by atoms with van der Waals surface area (Å²) in [7, 11) is 0. The number of ether oxygens (including phenoxy) is 1. The lowest BCUT2D eigenvalue weighted by Crippen LogP contribution is -2.31. The number of hydrogen-bond acceptors (Lipinski definition) is 4. The van der Waals surface area contributed by atoms with Crippen LogP contribution in [-0.2, 0) is 16.1 Å². The third-order valence-electron chi connectivity index (χ3n) is 4.67. The number of carbonyl (C=O) groups is 1. The van der Waals surface area contributed by atoms with Crippen molar-refractivity contribution in [3.05, 3.63) is 48.0 Å². The molecular weight excluding hydrogens is 312 g/mol. The molecule has 25 heavy (non-hydrogen) atoms. The Labute approximate surface area is 151 Å². The molecule has 1 aliphatic rings. The van der Waals surface area contributed by atoms with E-state index in [0.717, 1.165) is 18.5 Å². The summed E-state index contributed by atoms with van der Waals surface area (Å²) >= 11 is 0. The molecule has 0 saturated carbocycles. The van der Waals surface area contributed by atoms with Crippen LogP contribution in [0.1, 0.15) is 56.9 Å². The van der Waals surface area contributed by atoms with E-state index in [0.29, 0.717) is 12.5 Å². The highest BCUT2D eigenvalue weighted by molar-refractivity contribution is 5.75. The first-order valence-corrected chi connectivity index (χ1v) is 9.60. The molecule has 0 unspecified atom stereocenters. The highest BCUT2D eigenvalue weighted by Gasteiger charge is 2.13. The molecule has 3 N–H and O–H groups in total. The molecule has 0 amide bonds. The predicted octanol–water partition coefficient (Wildman–Crippen LogP) is 3.71. The van der Waals surface area contributed by atoms with Crippen molar-refractivity contribution < 1.29 is 9.53 Å². The molecule has 1 aromatic rings. The van der Waals surface area contributed by atoms with Crippen molar-refractivity contribution in [2.45, 2.75) is 70.1 Å². The van der Waals surface area contributed by atoms with E-state index in [1.807, 2.05) is 36.4 Å². The van der Waals surface area contributed by atoms with Gasteiger partial charge in [0.15, 0.2) is 0 Å². The van der Waals surface area contributed by atoms with Crippen LogP contribution in [0.5, 0.6) is 0 Å². The van der Waals surface area contributed by atoms with Gasteiger partial charge in [-0.25, -0.2) is 0 Å². The molecule has 138 valence electrons. The summed E-state index contributed by atoms with van der Waals surface area (Å²) in [5.74, 6) is -0.339. The summed E-state index contributed by atoms with van der Waals surface area (Å²) in [4.78, 5) is 11.9. The van der Waals surface area contributed by atoms with Gasteiger partial charge in [0.2, 0.25) is 0 Å². The number of hydrogen-bond donors (Lipinski definition) is 2. The Morgan fingerprint density at radius 2 is 1.92 bits per heavy atom. The van der Waals surface area contributed by atoms with E-state index in [1.54, 1.807) is 0 Å². The fraction of sp³-hybridized carbons (Fsp3) is 0.571. The van der Waals surface area contributed by atoms with Gasteiger partial charge in [0.1, 0.15) is 12.6 Å². The highest BCUT2D eigenvalue weighted by atomic mass is 16.5. The standard InChI is InChI=1S/C21H32N2O2/c22-20(21(24)25-17-18-11-5-4-6-12-18)15-9-8-14-19-13-7-2-1-3-10-16-23-19/h4-6,8-9,11-12,19-20,23H,1-3,7,10,13-17,22H2/b9-8+/t19-,20+/m1/s1. The second-order valence-corrected chi connectivity index (χ2v) is 6.85. The minimum Gasteiger partial charge on any atom is -0.460 e. The Morgan fingerprint density at radius 3 is 2.76 bits per heavy atom. The van der Waals surface area contributed by atoms with Crippen LogP contribution in [0.4, 0.5) is 0 Å². The van der Waals surface area contributed by atoms with Gasteiger partial charge in [-0.1, -0.05) is 68.2 Å². The van der Waals surface area contributed by atoms with E-state index < -0.39 is 6.04 Å². The van der Waals surface area contributed by atoms with E-state index in [1.165, 1.54) is 38.5 Å². The van der Waals surface area contributed by atoms with Gasteiger partial charge in [-0.2, -0.15) is 0 Å². The van der Waals surface area contributed by atoms with Gasteiger partial charge in [0.25, 0.3) is 0 Å². The fourth-order valence-corrected chi connectivity index (χ4v) is 3.09. The first kappa shape index (κ1) is 19.7. The second kappa shape index (κ2) is 11.8. The van der Waals surface area contributed by atoms with E-state index in [2.05, 4.69) is 11.4 Å². The van der Waals surface area contributed by atoms with Gasteiger partial charge < -0.3 is 15.8 Å². The van der Waals surface area contributed by atoms with Gasteiger partial charge in [-0.05, 0) is 37.8 Å². The molecular formula is C21H32N2O2. The molecule has 2 atom stereocenters. The summed E-state index contributed by atoms with van der Waals surface area (Å²) in [5.41, 5.74) is 6.90. The van der Waals surface area contributed by atoms with Crippen molar-refractivity contribution >= 4 is 5.97 Å². The van der Waals surface area contributed by atoms with Crippen molar-refractivity contribution in [3.63, 3.8) is 0 Å². The first-order chi connectivity index (χ1) is 12.3. The third kappa shape index (κ3) is 8.32. The zero-order valence-electron chi connectivity index (χ0n) is 15.2. The maximum absolute atomic E-state index is 11.9. The lowest BCUT2D eigenvalue weighted by atomic mass is 10.0. The van der Waals surface area contributed by atoms with Crippen LogP contribution in [0.3, 0.4) is 0 Å². The van der Waals surface area contributed by atoms with Crippen molar-refractivity contribution in [2.75, 3.05) is 6.54 Å². The quantitative estimate of drug-likeness (QED) is 0.585. The molecule has 1 saturated heterocycles. The van der Waals surface area contributed by atoms with Crippen LogP contribution in [0.15, 0.2) is 42.5 Å². The van der Waals surface area contributed by atoms with Crippen molar-refractivity contribution in [2.24, 2.45) is 5.73 Å². The number of esters is 1. The summed E-state index contributed by atoms with van der Waals surface area (Å²) in [5, 5.41) is 3.64. The van der Waals surface area contributed by atoms with Crippen molar-refractivity contribution in [1.29, 1.82) is 0 Å². The molecule has 1 aromatic carbocycles. The number of carbonyl (C=O) groups excluding carboxylic acids is 1. The van der Waals surface area contributed by atoms with Gasteiger partial charge in [0.05, 0.1) is 0 Å². The van der Waals surface area contributed by atoms with E-state index in [4.69, 9.17) is 10.5 Å². The minimum absolute atomic E-state index is 0.281. The molecule has 2 rings (SSSR count). The Balaban J connectivity index is 1.64. The van der Waals surface area contributed by atoms with Crippen LogP contribution in [0, 0.1) is 0 Å². The van der Waals surface area contributed by atoms with Crippen LogP contribution < -0.4 is 11.1 Å². The van der Waals surface area contributed by atoms with Crippen molar-refractivity contribution in [1.82, 2.24) is 5.32 Å². The van der Waals surface area contributed by atoms with Crippen molar-refractivity contribution in [3.8, 4) is 0 Å². The summed E-state index contributed by atoms with van der Waals surface area (Å²) in [6, 6.07) is 9.62. The first-order valence-electron chi connectivity index (χ1n) is 9.60. The summed E-state index contributed by atoms with van der Waals surface area (Å²) in [6.45, 7) is 1.40. The lowest BCUT2D eigenvalue weighted by Gasteiger charge is -2.15. The topological polar surface area (TPSA) is 64.3 Å². The van der Waals surface area contributed by atoms with Crippen LogP contribution >= 0.6 is 0 Å². The zero-order chi connectivity index (χ0) is 17.7. The highest BCUT2D eigenvalue weighted by Crippen LogP contribution is 2.13. The average molecular weight is 344 g/mol. The smallest absolute Gasteiger partial charge is 0.323 e. The Hall–Kier alpha value is -1.65. The van der Waals surface area contributed by atoms with E-state index in [9.17, 15) is 4.79 Å². The maximum atomic E-state index is 11.9. The van der Waals surface area contributed by atoms with Crippen LogP contribution in [0.25, 0.3) is 0 Å². The van der Waals surface area contributed by atoms with Crippen LogP contribution in [-0.4, -0.2) is 24.6 Å². The Morgan fingerprint density at radius 1 is 1.16 bits per heavy atom. The molecule has 0 radical (unpaired) electrons. The molecule has 0 aliphatic carbocycles. The van der Waals surface area contributed by atoms with E-state index >= 15 is 0 Å². The average Bonchev–Trinajstić information content (AvgIpc) is 2.78. The summed E-state index contributed by atoms with van der Waals surface area (Å²) < 4.78 is 5.27. The molecule has 0 spiro atoms. The fourth-order valence-electron chi connectivity index (χ4n) is 3.09. The van der Waals surface area contributed by atoms with Gasteiger partial charge >= 0.3 is 5.97 Å². The zero-order valence-corrected chi connectivity index (χ0v) is 15.2. The van der Waals surface area contributed by atoms with Gasteiger partial charge in [-0.15, -0.1) is 0 Å². The Bertz CT molecular complexity index is 506. The van der Waals surface area contributed by atoms with Gasteiger partial charge in [-0.3, -0.25) is 4.79 Å². The molecule has 4 nitrogen and oxygen atoms in total. The number of nitrogens with one attached hydrogen (secondary N) is 1. The number of benzene rings is 1. The minimum atomic E-state index is -0.589. The third-order valence-corrected chi connectivity index (χ3v) is 4.67. The largest absolute Gasteiger partial charge is 0.460 e. The molecule has 1 fully saturated rings. The summed E-state index contributed by atoms with van der Waals surface area (Å²) in [6.07, 6.45) is 13.6. The number of rotatable bonds is 7. The second-order valence-electron chi connectivity index (χ2n) is 6.85. The SMILES string of the molecule is N[C@@H](C/C=C/C[C@H]1CCCCCCCN1)C(=O)OCc1ccccc1. The van der Waals surface area contributed by atoms with Crippen LogP contribution in [0.2, 0.25) is 0 Å². The lowest BCUT2D eigenvalue weighted by molar-refractivity contribution is -0.146. The maximum Gasteiger partial charge on any atom is 0.323 e. The molecule has 1 heterocycles. The molecule has 1 aliphatic heterocycles. The normalized spacial score (nSPS) is 20.4. The molecule has 0 bridgehead atoms. The van der Waals surface area contributed by atoms with E-state index in [-0.39, 0.29) is 12.6 Å². The molecule has 4 heteroatoms. The monoisotopic (exact) mass is 344 g/mol. The molecule has 0 aromatic heterocycles. The van der Waals surface area contributed by atoms with Gasteiger partial charge in [0, 0.05) is 6.04 Å². The predicted molar refractivity (Wildman–Crippen MR) is 102 cm³/mol. The number of nitrogens with two attached hydrogens (primary N) is 1. The Kier molecular flexibility index (Phi) is 9.31.